The minimum absolute atomic E-state index is 0.0144. The lowest BCUT2D eigenvalue weighted by atomic mass is 9.93. The van der Waals surface area contributed by atoms with Gasteiger partial charge < -0.3 is 15.0 Å². The van der Waals surface area contributed by atoms with Gasteiger partial charge in [-0.2, -0.15) is 0 Å². The maximum absolute atomic E-state index is 13.8. The van der Waals surface area contributed by atoms with Crippen LogP contribution in [0.4, 0.5) is 4.39 Å². The summed E-state index contributed by atoms with van der Waals surface area (Å²) in [4.78, 5) is 14.4. The molecule has 0 radical (unpaired) electrons. The van der Waals surface area contributed by atoms with Crippen LogP contribution in [-0.2, 0) is 9.53 Å². The van der Waals surface area contributed by atoms with Gasteiger partial charge in [-0.25, -0.2) is 4.39 Å². The molecule has 0 bridgehead atoms. The van der Waals surface area contributed by atoms with E-state index in [0.29, 0.717) is 42.6 Å². The van der Waals surface area contributed by atoms with Crippen LogP contribution in [0, 0.1) is 11.7 Å². The Bertz CT molecular complexity index is 623. The summed E-state index contributed by atoms with van der Waals surface area (Å²) in [6.07, 6.45) is 3.34. The minimum Gasteiger partial charge on any atom is -0.370 e. The Morgan fingerprint density at radius 1 is 1.28 bits per heavy atom. The molecule has 0 saturated carbocycles. The monoisotopic (exact) mass is 388 g/mol. The summed E-state index contributed by atoms with van der Waals surface area (Å²) in [5.41, 5.74) is 0.541. The molecule has 4 nitrogen and oxygen atoms in total. The highest BCUT2D eigenvalue weighted by Gasteiger charge is 2.28. The van der Waals surface area contributed by atoms with Crippen molar-refractivity contribution >= 4 is 29.1 Å². The molecule has 0 aliphatic carbocycles. The van der Waals surface area contributed by atoms with Crippen molar-refractivity contribution in [3.05, 3.63) is 33.6 Å². The predicted octanol–water partition coefficient (Wildman–Crippen LogP) is 3.81. The number of hydrogen-bond acceptors (Lipinski definition) is 3. The van der Waals surface area contributed by atoms with Crippen molar-refractivity contribution < 1.29 is 13.9 Å². The molecule has 1 aromatic rings. The smallest absolute Gasteiger partial charge is 0.222 e. The van der Waals surface area contributed by atoms with E-state index in [2.05, 4.69) is 5.32 Å². The van der Waals surface area contributed by atoms with Crippen LogP contribution < -0.4 is 5.32 Å². The predicted molar refractivity (Wildman–Crippen MR) is 96.5 cm³/mol. The number of benzene rings is 1. The van der Waals surface area contributed by atoms with Gasteiger partial charge in [-0.05, 0) is 50.4 Å². The molecule has 3 rings (SSSR count). The Morgan fingerprint density at radius 3 is 2.80 bits per heavy atom. The number of piperidine rings is 1. The number of morpholine rings is 1. The maximum Gasteiger partial charge on any atom is 0.222 e. The highest BCUT2D eigenvalue weighted by molar-refractivity contribution is 6.35. The Hall–Kier alpha value is -0.880. The first-order valence-electron chi connectivity index (χ1n) is 8.79. The third-order valence-electron chi connectivity index (χ3n) is 5.03. The third-order valence-corrected chi connectivity index (χ3v) is 5.65. The summed E-state index contributed by atoms with van der Waals surface area (Å²) in [5.74, 6) is 0.234. The molecule has 138 valence electrons. The zero-order valence-electron chi connectivity index (χ0n) is 14.1. The van der Waals surface area contributed by atoms with E-state index in [0.717, 1.165) is 32.4 Å². The van der Waals surface area contributed by atoms with Crippen molar-refractivity contribution in [3.8, 4) is 0 Å². The van der Waals surface area contributed by atoms with Gasteiger partial charge in [0.1, 0.15) is 11.9 Å². The summed E-state index contributed by atoms with van der Waals surface area (Å²) in [6.45, 7) is 3.46. The van der Waals surface area contributed by atoms with Crippen molar-refractivity contribution in [1.82, 2.24) is 10.2 Å². The summed E-state index contributed by atoms with van der Waals surface area (Å²) in [5, 5.41) is 3.69. The third kappa shape index (κ3) is 4.85. The summed E-state index contributed by atoms with van der Waals surface area (Å²) < 4.78 is 19.5. The zero-order valence-corrected chi connectivity index (χ0v) is 15.6. The Morgan fingerprint density at radius 2 is 2.04 bits per heavy atom. The lowest BCUT2D eigenvalue weighted by Crippen LogP contribution is -2.42. The molecular weight excluding hydrogens is 366 g/mol. The number of carbonyl (C=O) groups is 1. The quantitative estimate of drug-likeness (QED) is 0.797. The van der Waals surface area contributed by atoms with Crippen LogP contribution in [0.15, 0.2) is 12.1 Å². The second-order valence-electron chi connectivity index (χ2n) is 6.72. The number of rotatable bonds is 4. The van der Waals surface area contributed by atoms with Crippen molar-refractivity contribution in [2.45, 2.75) is 31.8 Å². The number of nitrogens with zero attached hydrogens (tertiary/aromatic N) is 1. The molecule has 2 fully saturated rings. The van der Waals surface area contributed by atoms with Gasteiger partial charge in [-0.15, -0.1) is 0 Å². The molecule has 1 atom stereocenters. The molecule has 7 heteroatoms. The van der Waals surface area contributed by atoms with Crippen molar-refractivity contribution in [2.75, 3.05) is 32.8 Å². The topological polar surface area (TPSA) is 41.6 Å². The molecule has 1 N–H and O–H groups in total. The molecule has 0 spiro atoms. The number of hydrogen-bond donors (Lipinski definition) is 1. The van der Waals surface area contributed by atoms with Crippen LogP contribution in [0.1, 0.15) is 37.4 Å². The average Bonchev–Trinajstić information content (AvgIpc) is 2.63. The summed E-state index contributed by atoms with van der Waals surface area (Å²) in [7, 11) is 0. The van der Waals surface area contributed by atoms with Crippen LogP contribution in [0.2, 0.25) is 10.0 Å². The number of carbonyl (C=O) groups excluding carboxylic acids is 1. The van der Waals surface area contributed by atoms with Gasteiger partial charge in [-0.1, -0.05) is 23.2 Å². The maximum atomic E-state index is 13.8. The minimum atomic E-state index is -0.529. The lowest BCUT2D eigenvalue weighted by Gasteiger charge is -2.34. The fourth-order valence-electron chi connectivity index (χ4n) is 3.50. The van der Waals surface area contributed by atoms with Crippen LogP contribution in [0.5, 0.6) is 0 Å². The number of halogens is 3. The fourth-order valence-corrected chi connectivity index (χ4v) is 4.01. The zero-order chi connectivity index (χ0) is 17.8. The molecular formula is C18H23Cl2FN2O2. The van der Waals surface area contributed by atoms with Crippen LogP contribution >= 0.6 is 23.2 Å². The van der Waals surface area contributed by atoms with Gasteiger partial charge in [0.15, 0.2) is 0 Å². The first kappa shape index (κ1) is 18.9. The van der Waals surface area contributed by atoms with Gasteiger partial charge >= 0.3 is 0 Å². The Labute approximate surface area is 157 Å². The van der Waals surface area contributed by atoms with E-state index in [9.17, 15) is 9.18 Å². The van der Waals surface area contributed by atoms with E-state index in [1.165, 1.54) is 12.1 Å². The van der Waals surface area contributed by atoms with E-state index in [1.54, 1.807) is 4.90 Å². The normalized spacial score (nSPS) is 22.2. The van der Waals surface area contributed by atoms with E-state index < -0.39 is 11.9 Å². The van der Waals surface area contributed by atoms with Crippen molar-refractivity contribution in [1.29, 1.82) is 0 Å². The van der Waals surface area contributed by atoms with E-state index in [-0.39, 0.29) is 10.9 Å². The van der Waals surface area contributed by atoms with Gasteiger partial charge in [0.25, 0.3) is 0 Å². The van der Waals surface area contributed by atoms with Crippen LogP contribution in [-0.4, -0.2) is 43.6 Å². The summed E-state index contributed by atoms with van der Waals surface area (Å²) in [6, 6.07) is 2.69. The fraction of sp³-hybridized carbons (Fsp3) is 0.611. The van der Waals surface area contributed by atoms with Crippen molar-refractivity contribution in [3.63, 3.8) is 0 Å². The number of ether oxygens (including phenoxy) is 1. The van der Waals surface area contributed by atoms with E-state index in [4.69, 9.17) is 27.9 Å². The van der Waals surface area contributed by atoms with Crippen LogP contribution in [0.3, 0.4) is 0 Å². The number of amides is 1. The SMILES string of the molecule is O=C(CCC1CCNCC1)N1CCOC(c2cc(F)c(Cl)cc2Cl)C1. The molecule has 2 aliphatic rings. The average molecular weight is 389 g/mol. The van der Waals surface area contributed by atoms with Crippen LogP contribution in [0.25, 0.3) is 0 Å². The second-order valence-corrected chi connectivity index (χ2v) is 7.53. The standard InChI is InChI=1S/C18H23Cl2FN2O2/c19-14-10-15(20)16(21)9-13(14)17-11-23(7-8-25-17)18(24)2-1-12-3-5-22-6-4-12/h9-10,12,17,22H,1-8,11H2. The molecule has 1 aromatic carbocycles. The largest absolute Gasteiger partial charge is 0.370 e. The molecule has 1 amide bonds. The number of nitrogens with one attached hydrogen (secondary N) is 1. The van der Waals surface area contributed by atoms with Gasteiger partial charge in [0.2, 0.25) is 5.91 Å². The van der Waals surface area contributed by atoms with E-state index >= 15 is 0 Å². The first-order chi connectivity index (χ1) is 12.0. The summed E-state index contributed by atoms with van der Waals surface area (Å²) >= 11 is 11.9. The Balaban J connectivity index is 1.58. The molecule has 25 heavy (non-hydrogen) atoms. The van der Waals surface area contributed by atoms with Crippen molar-refractivity contribution in [2.24, 2.45) is 5.92 Å². The van der Waals surface area contributed by atoms with Gasteiger partial charge in [0.05, 0.1) is 18.2 Å². The highest BCUT2D eigenvalue weighted by Crippen LogP contribution is 2.32. The lowest BCUT2D eigenvalue weighted by molar-refractivity contribution is -0.139. The second kappa shape index (κ2) is 8.67. The molecule has 0 aromatic heterocycles. The molecule has 1 unspecified atom stereocenters. The van der Waals surface area contributed by atoms with Gasteiger partial charge in [0, 0.05) is 23.6 Å². The molecule has 2 saturated heterocycles. The Kier molecular flexibility index (Phi) is 6.55. The molecule has 2 heterocycles. The highest BCUT2D eigenvalue weighted by atomic mass is 35.5. The van der Waals surface area contributed by atoms with E-state index in [1.807, 2.05) is 0 Å². The molecule has 2 aliphatic heterocycles. The first-order valence-corrected chi connectivity index (χ1v) is 9.54. The van der Waals surface area contributed by atoms with Gasteiger partial charge in [-0.3, -0.25) is 4.79 Å².